The fraction of sp³-hybridized carbons (Fsp3) is 0.522. The molecule has 3 rings (SSSR count). The second-order valence-corrected chi connectivity index (χ2v) is 8.23. The van der Waals surface area contributed by atoms with Crippen molar-refractivity contribution >= 4 is 35.8 Å². The summed E-state index contributed by atoms with van der Waals surface area (Å²) in [6, 6.07) is 10.2. The van der Waals surface area contributed by atoms with Crippen LogP contribution in [0.2, 0.25) is 0 Å². The van der Waals surface area contributed by atoms with Gasteiger partial charge >= 0.3 is 0 Å². The van der Waals surface area contributed by atoms with Crippen LogP contribution < -0.4 is 16.4 Å². The van der Waals surface area contributed by atoms with Crippen LogP contribution in [0.25, 0.3) is 5.69 Å². The Hall–Kier alpha value is -2.28. The third-order valence-corrected chi connectivity index (χ3v) is 6.29. The van der Waals surface area contributed by atoms with Crippen LogP contribution in [0.15, 0.2) is 29.3 Å². The van der Waals surface area contributed by atoms with Crippen molar-refractivity contribution in [2.45, 2.75) is 52.4 Å². The zero-order valence-electron chi connectivity index (χ0n) is 18.7. The van der Waals surface area contributed by atoms with E-state index < -0.39 is 0 Å². The van der Waals surface area contributed by atoms with Gasteiger partial charge in [-0.3, -0.25) is 4.99 Å². The Kier molecular flexibility index (Phi) is 9.16. The van der Waals surface area contributed by atoms with Crippen LogP contribution in [-0.4, -0.2) is 35.9 Å². The summed E-state index contributed by atoms with van der Waals surface area (Å²) in [7, 11) is 1.80. The van der Waals surface area contributed by atoms with Gasteiger partial charge in [0.15, 0.2) is 5.96 Å². The predicted molar refractivity (Wildman–Crippen MR) is 137 cm³/mol. The number of guanidine groups is 1. The van der Waals surface area contributed by atoms with E-state index in [2.05, 4.69) is 33.7 Å². The Morgan fingerprint density at radius 1 is 1.29 bits per heavy atom. The minimum absolute atomic E-state index is 0. The molecule has 8 heteroatoms. The van der Waals surface area contributed by atoms with Crippen molar-refractivity contribution < 1.29 is 0 Å². The molecule has 1 aliphatic rings. The van der Waals surface area contributed by atoms with Crippen molar-refractivity contribution in [3.63, 3.8) is 0 Å². The van der Waals surface area contributed by atoms with Crippen molar-refractivity contribution in [1.29, 1.82) is 5.26 Å². The molecule has 0 radical (unpaired) electrons. The predicted octanol–water partition coefficient (Wildman–Crippen LogP) is 3.93. The maximum Gasteiger partial charge on any atom is 0.190 e. The molecule has 0 amide bonds. The number of rotatable bonds is 8. The van der Waals surface area contributed by atoms with Gasteiger partial charge in [0, 0.05) is 20.1 Å². The molecule has 1 aliphatic carbocycles. The van der Waals surface area contributed by atoms with Crippen molar-refractivity contribution in [3.05, 3.63) is 41.1 Å². The van der Waals surface area contributed by atoms with E-state index in [0.717, 1.165) is 36.9 Å². The summed E-state index contributed by atoms with van der Waals surface area (Å²) < 4.78 is 1.66. The molecule has 0 unspecified atom stereocenters. The molecule has 168 valence electrons. The van der Waals surface area contributed by atoms with E-state index in [1.165, 1.54) is 31.2 Å². The molecular formula is C23H34IN7. The number of nitriles is 1. The molecule has 1 heterocycles. The van der Waals surface area contributed by atoms with E-state index in [1.807, 2.05) is 31.2 Å². The maximum absolute atomic E-state index is 9.56. The first-order valence-electron chi connectivity index (χ1n) is 10.8. The van der Waals surface area contributed by atoms with Crippen LogP contribution in [0.5, 0.6) is 0 Å². The average molecular weight is 535 g/mol. The van der Waals surface area contributed by atoms with Crippen LogP contribution in [0, 0.1) is 23.7 Å². The van der Waals surface area contributed by atoms with E-state index in [-0.39, 0.29) is 24.0 Å². The highest BCUT2D eigenvalue weighted by molar-refractivity contribution is 14.0. The third kappa shape index (κ3) is 5.91. The van der Waals surface area contributed by atoms with Crippen LogP contribution in [0.4, 0.5) is 5.82 Å². The van der Waals surface area contributed by atoms with Gasteiger partial charge in [0.25, 0.3) is 0 Å². The molecule has 31 heavy (non-hydrogen) atoms. The highest BCUT2D eigenvalue weighted by atomic mass is 127. The standard InChI is InChI=1S/C23H33N7.HI/c1-4-23(12-6-13-23)16-28-22(26-3)27-14-5-7-20-19(15-24)21(25)30(29-20)18-10-8-17(2)9-11-18;/h8-11H,4-7,12-14,16,25H2,1-3H3,(H2,26,27,28);1H. The van der Waals surface area contributed by atoms with Crippen molar-refractivity contribution in [1.82, 2.24) is 20.4 Å². The molecule has 1 fully saturated rings. The zero-order chi connectivity index (χ0) is 21.6. The highest BCUT2D eigenvalue weighted by Crippen LogP contribution is 2.42. The van der Waals surface area contributed by atoms with Gasteiger partial charge in [-0.2, -0.15) is 10.4 Å². The summed E-state index contributed by atoms with van der Waals surface area (Å²) in [4.78, 5) is 4.33. The number of benzene rings is 1. The second-order valence-electron chi connectivity index (χ2n) is 8.23. The number of halogens is 1. The van der Waals surface area contributed by atoms with E-state index in [9.17, 15) is 5.26 Å². The lowest BCUT2D eigenvalue weighted by Gasteiger charge is -2.41. The number of aliphatic imine (C=N–C) groups is 1. The lowest BCUT2D eigenvalue weighted by Crippen LogP contribution is -2.46. The van der Waals surface area contributed by atoms with Crippen LogP contribution >= 0.6 is 24.0 Å². The SMILES string of the molecule is CCC1(CNC(=NC)NCCCc2nn(-c3ccc(C)cc3)c(N)c2C#N)CCC1.I. The topological polar surface area (TPSA) is 104 Å². The molecule has 1 aromatic heterocycles. The average Bonchev–Trinajstić information content (AvgIpc) is 3.04. The van der Waals surface area contributed by atoms with Gasteiger partial charge in [0.1, 0.15) is 17.5 Å². The van der Waals surface area contributed by atoms with Crippen LogP contribution in [-0.2, 0) is 6.42 Å². The third-order valence-electron chi connectivity index (χ3n) is 6.29. The van der Waals surface area contributed by atoms with Crippen molar-refractivity contribution in [2.24, 2.45) is 10.4 Å². The second kappa shape index (κ2) is 11.4. The minimum atomic E-state index is 0. The number of hydrogen-bond acceptors (Lipinski definition) is 4. The normalized spacial score (nSPS) is 14.8. The van der Waals surface area contributed by atoms with Crippen LogP contribution in [0.1, 0.15) is 55.8 Å². The summed E-state index contributed by atoms with van der Waals surface area (Å²) >= 11 is 0. The summed E-state index contributed by atoms with van der Waals surface area (Å²) in [5.74, 6) is 1.23. The van der Waals surface area contributed by atoms with E-state index in [1.54, 1.807) is 11.7 Å². The summed E-state index contributed by atoms with van der Waals surface area (Å²) in [6.07, 6.45) is 6.65. The minimum Gasteiger partial charge on any atom is -0.382 e. The van der Waals surface area contributed by atoms with Crippen molar-refractivity contribution in [3.8, 4) is 11.8 Å². The van der Waals surface area contributed by atoms with E-state index in [4.69, 9.17) is 5.73 Å². The molecule has 0 saturated heterocycles. The lowest BCUT2D eigenvalue weighted by molar-refractivity contribution is 0.131. The number of hydrogen-bond donors (Lipinski definition) is 3. The number of nitrogen functional groups attached to an aromatic ring is 1. The van der Waals surface area contributed by atoms with Gasteiger partial charge < -0.3 is 16.4 Å². The quantitative estimate of drug-likeness (QED) is 0.206. The lowest BCUT2D eigenvalue weighted by atomic mass is 9.67. The fourth-order valence-corrected chi connectivity index (χ4v) is 3.94. The first-order valence-corrected chi connectivity index (χ1v) is 10.8. The zero-order valence-corrected chi connectivity index (χ0v) is 21.1. The first-order chi connectivity index (χ1) is 14.5. The number of nitrogens with one attached hydrogen (secondary N) is 2. The van der Waals surface area contributed by atoms with Gasteiger partial charge in [0.05, 0.1) is 11.4 Å². The number of nitrogens with zero attached hydrogens (tertiary/aromatic N) is 4. The van der Waals surface area contributed by atoms with E-state index in [0.29, 0.717) is 23.2 Å². The molecular weight excluding hydrogens is 501 g/mol. The van der Waals surface area contributed by atoms with Gasteiger partial charge in [-0.15, -0.1) is 24.0 Å². The Labute approximate surface area is 202 Å². The molecule has 7 nitrogen and oxygen atoms in total. The Balaban J connectivity index is 0.00000341. The first kappa shape index (κ1) is 25.0. The van der Waals surface area contributed by atoms with E-state index >= 15 is 0 Å². The fourth-order valence-electron chi connectivity index (χ4n) is 3.94. The van der Waals surface area contributed by atoms with Gasteiger partial charge in [0.2, 0.25) is 0 Å². The van der Waals surface area contributed by atoms with Gasteiger partial charge in [-0.05, 0) is 56.6 Å². The molecule has 0 bridgehead atoms. The number of aromatic nitrogens is 2. The smallest absolute Gasteiger partial charge is 0.190 e. The molecule has 0 atom stereocenters. The molecule has 1 saturated carbocycles. The largest absolute Gasteiger partial charge is 0.382 e. The van der Waals surface area contributed by atoms with Gasteiger partial charge in [-0.1, -0.05) is 31.0 Å². The highest BCUT2D eigenvalue weighted by Gasteiger charge is 2.34. The molecule has 2 aromatic rings. The van der Waals surface area contributed by atoms with Crippen LogP contribution in [0.3, 0.4) is 0 Å². The Bertz CT molecular complexity index is 915. The summed E-state index contributed by atoms with van der Waals surface area (Å²) in [5, 5.41) is 21.0. The summed E-state index contributed by atoms with van der Waals surface area (Å²) in [6.45, 7) is 6.03. The molecule has 0 spiro atoms. The molecule has 4 N–H and O–H groups in total. The molecule has 1 aromatic carbocycles. The Morgan fingerprint density at radius 2 is 2.00 bits per heavy atom. The number of aryl methyl sites for hydroxylation is 2. The van der Waals surface area contributed by atoms with Crippen molar-refractivity contribution in [2.75, 3.05) is 25.9 Å². The number of nitrogens with two attached hydrogens (primary N) is 1. The van der Waals surface area contributed by atoms with Gasteiger partial charge in [-0.25, -0.2) is 4.68 Å². The summed E-state index contributed by atoms with van der Waals surface area (Å²) in [5.41, 5.74) is 9.88. The Morgan fingerprint density at radius 3 is 2.55 bits per heavy atom. The number of anilines is 1. The maximum atomic E-state index is 9.56. The molecule has 0 aliphatic heterocycles. The monoisotopic (exact) mass is 535 g/mol.